The lowest BCUT2D eigenvalue weighted by Gasteiger charge is -2.31. The molecule has 1 atom stereocenters. The highest BCUT2D eigenvalue weighted by Crippen LogP contribution is 2.30. The van der Waals surface area contributed by atoms with Crippen LogP contribution in [0.15, 0.2) is 35.2 Å². The Labute approximate surface area is 129 Å². The molecule has 1 fully saturated rings. The summed E-state index contributed by atoms with van der Waals surface area (Å²) in [6.07, 6.45) is 2.51. The van der Waals surface area contributed by atoms with Gasteiger partial charge in [-0.25, -0.2) is 4.79 Å². The predicted octanol–water partition coefficient (Wildman–Crippen LogP) is 3.02. The van der Waals surface area contributed by atoms with Gasteiger partial charge in [-0.05, 0) is 44.1 Å². The predicted molar refractivity (Wildman–Crippen MR) is 83.4 cm³/mol. The first-order valence-electron chi connectivity index (χ1n) is 7.26. The third kappa shape index (κ3) is 3.79. The molecule has 1 amide bonds. The maximum atomic E-state index is 12.2. The van der Waals surface area contributed by atoms with E-state index < -0.39 is 11.5 Å². The molecule has 21 heavy (non-hydrogen) atoms. The van der Waals surface area contributed by atoms with Gasteiger partial charge in [0.1, 0.15) is 5.54 Å². The van der Waals surface area contributed by atoms with Crippen molar-refractivity contribution in [3.05, 3.63) is 30.3 Å². The molecule has 1 unspecified atom stereocenters. The minimum absolute atomic E-state index is 0.0361. The van der Waals surface area contributed by atoms with Gasteiger partial charge in [-0.1, -0.05) is 18.2 Å². The molecular weight excluding hydrogens is 286 g/mol. The number of benzene rings is 1. The molecule has 2 rings (SSSR count). The maximum Gasteiger partial charge on any atom is 0.329 e. The van der Waals surface area contributed by atoms with E-state index >= 15 is 0 Å². The molecule has 4 nitrogen and oxygen atoms in total. The second-order valence-electron chi connectivity index (χ2n) is 5.49. The number of carbonyl (C=O) groups is 2. The summed E-state index contributed by atoms with van der Waals surface area (Å²) >= 11 is 1.72. The van der Waals surface area contributed by atoms with Gasteiger partial charge in [0.25, 0.3) is 0 Å². The van der Waals surface area contributed by atoms with E-state index in [1.54, 1.807) is 23.6 Å². The van der Waals surface area contributed by atoms with Crippen LogP contribution in [0, 0.1) is 0 Å². The van der Waals surface area contributed by atoms with Crippen molar-refractivity contribution >= 4 is 23.6 Å². The SMILES string of the molecule is CC1(C(=O)O)CCCN1C(=O)CCCSc1ccccc1. The Hall–Kier alpha value is -1.49. The molecule has 1 N–H and O–H groups in total. The van der Waals surface area contributed by atoms with Crippen molar-refractivity contribution in [3.63, 3.8) is 0 Å². The van der Waals surface area contributed by atoms with E-state index in [-0.39, 0.29) is 5.91 Å². The van der Waals surface area contributed by atoms with Gasteiger partial charge in [0.05, 0.1) is 0 Å². The number of hydrogen-bond acceptors (Lipinski definition) is 3. The molecule has 0 radical (unpaired) electrons. The number of carboxylic acid groups (broad SMARTS) is 1. The summed E-state index contributed by atoms with van der Waals surface area (Å²) in [4.78, 5) is 26.3. The van der Waals surface area contributed by atoms with Crippen molar-refractivity contribution in [2.75, 3.05) is 12.3 Å². The second kappa shape index (κ2) is 6.98. The summed E-state index contributed by atoms with van der Waals surface area (Å²) in [7, 11) is 0. The molecule has 1 aromatic rings. The Morgan fingerprint density at radius 3 is 2.71 bits per heavy atom. The highest BCUT2D eigenvalue weighted by atomic mass is 32.2. The molecule has 0 spiro atoms. The van der Waals surface area contributed by atoms with E-state index in [1.165, 1.54) is 4.90 Å². The Morgan fingerprint density at radius 1 is 1.33 bits per heavy atom. The fourth-order valence-corrected chi connectivity index (χ4v) is 3.52. The molecule has 0 saturated carbocycles. The van der Waals surface area contributed by atoms with Crippen LogP contribution < -0.4 is 0 Å². The largest absolute Gasteiger partial charge is 0.480 e. The van der Waals surface area contributed by atoms with Crippen LogP contribution in [0.1, 0.15) is 32.6 Å². The van der Waals surface area contributed by atoms with Crippen LogP contribution in [-0.4, -0.2) is 39.7 Å². The van der Waals surface area contributed by atoms with Crippen LogP contribution in [0.5, 0.6) is 0 Å². The zero-order valence-corrected chi connectivity index (χ0v) is 13.1. The standard InChI is InChI=1S/C16H21NO3S/c1-16(15(19)20)10-6-11-17(16)14(18)9-5-12-21-13-7-3-2-4-8-13/h2-4,7-8H,5-6,9-12H2,1H3,(H,19,20). The minimum atomic E-state index is -1.01. The number of carbonyl (C=O) groups excluding carboxylic acids is 1. The normalized spacial score (nSPS) is 21.5. The zero-order chi connectivity index (χ0) is 15.3. The number of rotatable bonds is 6. The highest BCUT2D eigenvalue weighted by Gasteiger charge is 2.45. The Morgan fingerprint density at radius 2 is 2.05 bits per heavy atom. The topological polar surface area (TPSA) is 57.6 Å². The summed E-state index contributed by atoms with van der Waals surface area (Å²) in [6, 6.07) is 10.1. The van der Waals surface area contributed by atoms with E-state index in [1.807, 2.05) is 18.2 Å². The molecule has 114 valence electrons. The summed E-state index contributed by atoms with van der Waals surface area (Å²) in [6.45, 7) is 2.21. The molecule has 1 aliphatic rings. The number of aliphatic carboxylic acids is 1. The summed E-state index contributed by atoms with van der Waals surface area (Å²) in [5, 5.41) is 9.31. The van der Waals surface area contributed by atoms with Gasteiger partial charge in [-0.3, -0.25) is 4.79 Å². The first kappa shape index (κ1) is 15.9. The average Bonchev–Trinajstić information content (AvgIpc) is 2.88. The number of likely N-dealkylation sites (tertiary alicyclic amines) is 1. The van der Waals surface area contributed by atoms with Crippen LogP contribution >= 0.6 is 11.8 Å². The fourth-order valence-electron chi connectivity index (χ4n) is 2.65. The first-order valence-corrected chi connectivity index (χ1v) is 8.24. The van der Waals surface area contributed by atoms with E-state index in [9.17, 15) is 14.7 Å². The monoisotopic (exact) mass is 307 g/mol. The van der Waals surface area contributed by atoms with Crippen molar-refractivity contribution in [2.24, 2.45) is 0 Å². The molecule has 5 heteroatoms. The summed E-state index contributed by atoms with van der Waals surface area (Å²) in [5.74, 6) is -0.0639. The number of nitrogens with zero attached hydrogens (tertiary/aromatic N) is 1. The molecule has 1 aliphatic heterocycles. The maximum absolute atomic E-state index is 12.2. The summed E-state index contributed by atoms with van der Waals surface area (Å²) in [5.41, 5.74) is -1.01. The second-order valence-corrected chi connectivity index (χ2v) is 6.66. The Bertz CT molecular complexity index is 506. The third-order valence-electron chi connectivity index (χ3n) is 3.95. The van der Waals surface area contributed by atoms with Crippen LogP contribution in [-0.2, 0) is 9.59 Å². The van der Waals surface area contributed by atoms with Crippen molar-refractivity contribution in [1.29, 1.82) is 0 Å². The van der Waals surface area contributed by atoms with E-state index in [2.05, 4.69) is 12.1 Å². The molecule has 1 saturated heterocycles. The van der Waals surface area contributed by atoms with E-state index in [0.29, 0.717) is 19.4 Å². The van der Waals surface area contributed by atoms with Crippen LogP contribution in [0.4, 0.5) is 0 Å². The number of amides is 1. The smallest absolute Gasteiger partial charge is 0.329 e. The van der Waals surface area contributed by atoms with Crippen molar-refractivity contribution in [3.8, 4) is 0 Å². The van der Waals surface area contributed by atoms with Gasteiger partial charge >= 0.3 is 5.97 Å². The lowest BCUT2D eigenvalue weighted by molar-refractivity contribution is -0.155. The minimum Gasteiger partial charge on any atom is -0.480 e. The Balaban J connectivity index is 1.78. The van der Waals surface area contributed by atoms with Crippen LogP contribution in [0.2, 0.25) is 0 Å². The van der Waals surface area contributed by atoms with E-state index in [0.717, 1.165) is 18.6 Å². The van der Waals surface area contributed by atoms with Crippen LogP contribution in [0.3, 0.4) is 0 Å². The fraction of sp³-hybridized carbons (Fsp3) is 0.500. The van der Waals surface area contributed by atoms with Gasteiger partial charge in [-0.2, -0.15) is 0 Å². The third-order valence-corrected chi connectivity index (χ3v) is 5.05. The molecule has 1 heterocycles. The molecule has 0 aliphatic carbocycles. The lowest BCUT2D eigenvalue weighted by Crippen LogP contribution is -2.50. The molecular formula is C16H21NO3S. The van der Waals surface area contributed by atoms with Gasteiger partial charge in [0, 0.05) is 17.9 Å². The van der Waals surface area contributed by atoms with Gasteiger partial charge in [0.2, 0.25) is 5.91 Å². The Kier molecular flexibility index (Phi) is 5.28. The number of thioether (sulfide) groups is 1. The number of carboxylic acids is 1. The molecule has 0 bridgehead atoms. The van der Waals surface area contributed by atoms with Gasteiger partial charge in [-0.15, -0.1) is 11.8 Å². The quantitative estimate of drug-likeness (QED) is 0.648. The van der Waals surface area contributed by atoms with Crippen LogP contribution in [0.25, 0.3) is 0 Å². The first-order chi connectivity index (χ1) is 10.0. The number of hydrogen-bond donors (Lipinski definition) is 1. The van der Waals surface area contributed by atoms with Crippen molar-refractivity contribution < 1.29 is 14.7 Å². The molecule has 0 aromatic heterocycles. The van der Waals surface area contributed by atoms with Gasteiger partial charge in [0.15, 0.2) is 0 Å². The lowest BCUT2D eigenvalue weighted by atomic mass is 9.99. The average molecular weight is 307 g/mol. The summed E-state index contributed by atoms with van der Waals surface area (Å²) < 4.78 is 0. The van der Waals surface area contributed by atoms with Crippen molar-refractivity contribution in [2.45, 2.75) is 43.0 Å². The van der Waals surface area contributed by atoms with E-state index in [4.69, 9.17) is 0 Å². The molecule has 1 aromatic carbocycles. The zero-order valence-electron chi connectivity index (χ0n) is 12.2. The van der Waals surface area contributed by atoms with Crippen molar-refractivity contribution in [1.82, 2.24) is 4.90 Å². The van der Waals surface area contributed by atoms with Gasteiger partial charge < -0.3 is 10.0 Å². The highest BCUT2D eigenvalue weighted by molar-refractivity contribution is 7.99.